The number of rotatable bonds is 2. The second-order valence-electron chi connectivity index (χ2n) is 4.13. The van der Waals surface area contributed by atoms with E-state index < -0.39 is 0 Å². The molecular formula is C13H15ClN2O. The molecule has 1 aliphatic heterocycles. The summed E-state index contributed by atoms with van der Waals surface area (Å²) in [4.78, 5) is 2.22. The molecule has 1 aromatic carbocycles. The highest BCUT2D eigenvalue weighted by Crippen LogP contribution is 2.28. The molecule has 0 spiro atoms. The summed E-state index contributed by atoms with van der Waals surface area (Å²) in [6.07, 6.45) is 1.28. The van der Waals surface area contributed by atoms with Gasteiger partial charge in [-0.2, -0.15) is 5.26 Å². The van der Waals surface area contributed by atoms with E-state index in [9.17, 15) is 0 Å². The van der Waals surface area contributed by atoms with Gasteiger partial charge in [-0.1, -0.05) is 18.5 Å². The number of morpholine rings is 1. The maximum atomic E-state index is 8.80. The van der Waals surface area contributed by atoms with Gasteiger partial charge in [0.25, 0.3) is 0 Å². The summed E-state index contributed by atoms with van der Waals surface area (Å²) in [5, 5.41) is 9.44. The zero-order chi connectivity index (χ0) is 12.3. The third-order valence-corrected chi connectivity index (χ3v) is 3.31. The Hall–Kier alpha value is -1.24. The third-order valence-electron chi connectivity index (χ3n) is 3.01. The van der Waals surface area contributed by atoms with Crippen LogP contribution in [0.4, 0.5) is 5.69 Å². The van der Waals surface area contributed by atoms with E-state index in [-0.39, 0.29) is 6.10 Å². The standard InChI is InChI=1S/C13H15ClN2O/c1-2-11-9-16(5-6-17-11)13-4-3-10(8-15)7-12(13)14/h3-4,7,11H,2,5-6,9H2,1H3. The molecule has 1 atom stereocenters. The minimum Gasteiger partial charge on any atom is -0.375 e. The summed E-state index contributed by atoms with van der Waals surface area (Å²) < 4.78 is 5.63. The Morgan fingerprint density at radius 1 is 1.59 bits per heavy atom. The van der Waals surface area contributed by atoms with E-state index in [1.165, 1.54) is 0 Å². The first-order valence-corrected chi connectivity index (χ1v) is 6.18. The Labute approximate surface area is 107 Å². The van der Waals surface area contributed by atoms with Crippen LogP contribution in [0.25, 0.3) is 0 Å². The fourth-order valence-corrected chi connectivity index (χ4v) is 2.32. The van der Waals surface area contributed by atoms with Gasteiger partial charge in [-0.25, -0.2) is 0 Å². The van der Waals surface area contributed by atoms with E-state index in [0.29, 0.717) is 10.6 Å². The van der Waals surface area contributed by atoms with Gasteiger partial charge in [-0.3, -0.25) is 0 Å². The Kier molecular flexibility index (Phi) is 3.88. The monoisotopic (exact) mass is 250 g/mol. The van der Waals surface area contributed by atoms with Crippen molar-refractivity contribution in [1.82, 2.24) is 0 Å². The average Bonchev–Trinajstić information content (AvgIpc) is 2.38. The second kappa shape index (κ2) is 5.39. The van der Waals surface area contributed by atoms with Crippen LogP contribution in [0.3, 0.4) is 0 Å². The van der Waals surface area contributed by atoms with Gasteiger partial charge >= 0.3 is 0 Å². The molecule has 1 unspecified atom stereocenters. The van der Waals surface area contributed by atoms with Crippen LogP contribution in [0.15, 0.2) is 18.2 Å². The lowest BCUT2D eigenvalue weighted by Crippen LogP contribution is -2.42. The van der Waals surface area contributed by atoms with Crippen LogP contribution in [0.5, 0.6) is 0 Å². The van der Waals surface area contributed by atoms with Crippen molar-refractivity contribution in [2.45, 2.75) is 19.4 Å². The van der Waals surface area contributed by atoms with Gasteiger partial charge in [-0.05, 0) is 24.6 Å². The number of nitrogens with zero attached hydrogens (tertiary/aromatic N) is 2. The molecule has 0 amide bonds. The van der Waals surface area contributed by atoms with Crippen molar-refractivity contribution in [2.24, 2.45) is 0 Å². The van der Waals surface area contributed by atoms with E-state index in [1.54, 1.807) is 12.1 Å². The molecule has 2 rings (SSSR count). The van der Waals surface area contributed by atoms with Gasteiger partial charge in [0.15, 0.2) is 0 Å². The molecule has 3 nitrogen and oxygen atoms in total. The molecule has 0 saturated carbocycles. The normalized spacial score (nSPS) is 20.1. The summed E-state index contributed by atoms with van der Waals surface area (Å²) >= 11 is 6.20. The lowest BCUT2D eigenvalue weighted by atomic mass is 10.1. The maximum absolute atomic E-state index is 8.80. The van der Waals surface area contributed by atoms with E-state index in [1.807, 2.05) is 6.07 Å². The Morgan fingerprint density at radius 3 is 3.06 bits per heavy atom. The van der Waals surface area contributed by atoms with Gasteiger partial charge in [-0.15, -0.1) is 0 Å². The van der Waals surface area contributed by atoms with E-state index >= 15 is 0 Å². The molecular weight excluding hydrogens is 236 g/mol. The number of ether oxygens (including phenoxy) is 1. The molecule has 0 N–H and O–H groups in total. The van der Waals surface area contributed by atoms with E-state index in [0.717, 1.165) is 31.8 Å². The quantitative estimate of drug-likeness (QED) is 0.810. The van der Waals surface area contributed by atoms with Crippen molar-refractivity contribution in [3.8, 4) is 6.07 Å². The van der Waals surface area contributed by atoms with Crippen LogP contribution in [-0.4, -0.2) is 25.8 Å². The van der Waals surface area contributed by atoms with Crippen LogP contribution >= 0.6 is 11.6 Å². The number of nitriles is 1. The van der Waals surface area contributed by atoms with E-state index in [2.05, 4.69) is 17.9 Å². The van der Waals surface area contributed by atoms with Gasteiger partial charge in [0.1, 0.15) is 0 Å². The molecule has 1 saturated heterocycles. The molecule has 4 heteroatoms. The SMILES string of the molecule is CCC1CN(c2ccc(C#N)cc2Cl)CCO1. The van der Waals surface area contributed by atoms with E-state index in [4.69, 9.17) is 21.6 Å². The number of halogens is 1. The average molecular weight is 251 g/mol. The first kappa shape index (κ1) is 12.2. The van der Waals surface area contributed by atoms with Gasteiger partial charge < -0.3 is 9.64 Å². The molecule has 17 heavy (non-hydrogen) atoms. The van der Waals surface area contributed by atoms with Gasteiger partial charge in [0, 0.05) is 13.1 Å². The van der Waals surface area contributed by atoms with Crippen molar-refractivity contribution in [2.75, 3.05) is 24.6 Å². The highest BCUT2D eigenvalue weighted by atomic mass is 35.5. The highest BCUT2D eigenvalue weighted by molar-refractivity contribution is 6.33. The smallest absolute Gasteiger partial charge is 0.0992 e. The lowest BCUT2D eigenvalue weighted by Gasteiger charge is -2.34. The first-order chi connectivity index (χ1) is 8.24. The summed E-state index contributed by atoms with van der Waals surface area (Å²) in [5.41, 5.74) is 1.59. The van der Waals surface area contributed by atoms with Crippen LogP contribution in [0.2, 0.25) is 5.02 Å². The molecule has 0 radical (unpaired) electrons. The van der Waals surface area contributed by atoms with Crippen LogP contribution in [0.1, 0.15) is 18.9 Å². The lowest BCUT2D eigenvalue weighted by molar-refractivity contribution is 0.0384. The summed E-state index contributed by atoms with van der Waals surface area (Å²) in [7, 11) is 0. The van der Waals surface area contributed by atoms with Crippen molar-refractivity contribution >= 4 is 17.3 Å². The first-order valence-electron chi connectivity index (χ1n) is 5.80. The topological polar surface area (TPSA) is 36.3 Å². The summed E-state index contributed by atoms with van der Waals surface area (Å²) in [6.45, 7) is 4.56. The molecule has 1 heterocycles. The molecule has 0 aliphatic carbocycles. The molecule has 1 aliphatic rings. The summed E-state index contributed by atoms with van der Waals surface area (Å²) in [5.74, 6) is 0. The highest BCUT2D eigenvalue weighted by Gasteiger charge is 2.20. The molecule has 1 fully saturated rings. The predicted octanol–water partition coefficient (Wildman–Crippen LogP) is 2.83. The van der Waals surface area contributed by atoms with Crippen LogP contribution in [-0.2, 0) is 4.74 Å². The minimum absolute atomic E-state index is 0.274. The van der Waals surface area contributed by atoms with Crippen LogP contribution in [0, 0.1) is 11.3 Å². The van der Waals surface area contributed by atoms with Crippen molar-refractivity contribution in [3.05, 3.63) is 28.8 Å². The number of hydrogen-bond acceptors (Lipinski definition) is 3. The van der Waals surface area contributed by atoms with Gasteiger partial charge in [0.2, 0.25) is 0 Å². The number of anilines is 1. The number of hydrogen-bond donors (Lipinski definition) is 0. The molecule has 90 valence electrons. The van der Waals surface area contributed by atoms with Crippen molar-refractivity contribution < 1.29 is 4.74 Å². The zero-order valence-corrected chi connectivity index (χ0v) is 10.6. The zero-order valence-electron chi connectivity index (χ0n) is 9.82. The Balaban J connectivity index is 2.19. The maximum Gasteiger partial charge on any atom is 0.0992 e. The Morgan fingerprint density at radius 2 is 2.41 bits per heavy atom. The molecule has 1 aromatic rings. The Bertz CT molecular complexity index is 442. The summed E-state index contributed by atoms with van der Waals surface area (Å²) in [6, 6.07) is 7.52. The fourth-order valence-electron chi connectivity index (χ4n) is 2.02. The van der Waals surface area contributed by atoms with Gasteiger partial charge in [0.05, 0.1) is 35.1 Å². The van der Waals surface area contributed by atoms with Crippen molar-refractivity contribution in [1.29, 1.82) is 5.26 Å². The number of benzene rings is 1. The predicted molar refractivity (Wildman–Crippen MR) is 68.4 cm³/mol. The third kappa shape index (κ3) is 2.71. The minimum atomic E-state index is 0.274. The largest absolute Gasteiger partial charge is 0.375 e. The fraction of sp³-hybridized carbons (Fsp3) is 0.462. The molecule has 0 bridgehead atoms. The van der Waals surface area contributed by atoms with Crippen molar-refractivity contribution in [3.63, 3.8) is 0 Å². The second-order valence-corrected chi connectivity index (χ2v) is 4.53. The molecule has 0 aromatic heterocycles. The van der Waals surface area contributed by atoms with Crippen LogP contribution < -0.4 is 4.90 Å².